The standard InChI is InChI=1S/C10H8Br2ClN3O3/c11-3-5-1-8(17)15(4-5)10-7(16(18)19)2-6(12)9(13)14-10/h2,5H,1,3-4H2. The van der Waals surface area contributed by atoms with Crippen molar-refractivity contribution in [2.24, 2.45) is 5.92 Å². The second-order valence-corrected chi connectivity index (χ2v) is 5.95. The minimum absolute atomic E-state index is 0.00616. The molecule has 1 aromatic heterocycles. The van der Waals surface area contributed by atoms with Gasteiger partial charge in [0.15, 0.2) is 0 Å². The molecular weight excluding hydrogens is 405 g/mol. The summed E-state index contributed by atoms with van der Waals surface area (Å²) in [6, 6.07) is 1.26. The van der Waals surface area contributed by atoms with Crippen molar-refractivity contribution in [3.8, 4) is 0 Å². The highest BCUT2D eigenvalue weighted by Crippen LogP contribution is 2.36. The Balaban J connectivity index is 2.47. The maximum atomic E-state index is 11.9. The van der Waals surface area contributed by atoms with Gasteiger partial charge in [0.2, 0.25) is 11.7 Å². The van der Waals surface area contributed by atoms with Gasteiger partial charge in [0.05, 0.1) is 9.40 Å². The fourth-order valence-corrected chi connectivity index (χ4v) is 2.74. The van der Waals surface area contributed by atoms with E-state index in [4.69, 9.17) is 11.6 Å². The molecule has 0 bridgehead atoms. The number of amides is 1. The molecule has 0 saturated carbocycles. The molecule has 1 atom stereocenters. The molecule has 0 N–H and O–H groups in total. The molecule has 1 aromatic rings. The lowest BCUT2D eigenvalue weighted by molar-refractivity contribution is -0.384. The zero-order valence-electron chi connectivity index (χ0n) is 9.48. The van der Waals surface area contributed by atoms with E-state index in [0.717, 1.165) is 0 Å². The van der Waals surface area contributed by atoms with E-state index in [2.05, 4.69) is 36.8 Å². The molecule has 1 aliphatic rings. The molecule has 0 aromatic carbocycles. The lowest BCUT2D eigenvalue weighted by Gasteiger charge is -2.15. The summed E-state index contributed by atoms with van der Waals surface area (Å²) in [6.07, 6.45) is 0.345. The van der Waals surface area contributed by atoms with Crippen molar-refractivity contribution in [2.75, 3.05) is 16.8 Å². The summed E-state index contributed by atoms with van der Waals surface area (Å²) in [5.74, 6) is -0.0542. The first-order chi connectivity index (χ1) is 8.93. The van der Waals surface area contributed by atoms with E-state index in [1.807, 2.05) is 0 Å². The second-order valence-electron chi connectivity index (χ2n) is 4.09. The van der Waals surface area contributed by atoms with Crippen LogP contribution in [-0.4, -0.2) is 27.7 Å². The summed E-state index contributed by atoms with van der Waals surface area (Å²) in [4.78, 5) is 27.7. The Morgan fingerprint density at radius 2 is 2.32 bits per heavy atom. The largest absolute Gasteiger partial charge is 0.313 e. The normalized spacial score (nSPS) is 19.0. The van der Waals surface area contributed by atoms with Gasteiger partial charge in [0.25, 0.3) is 0 Å². The Hall–Kier alpha value is -0.730. The van der Waals surface area contributed by atoms with Crippen LogP contribution in [0.3, 0.4) is 0 Å². The van der Waals surface area contributed by atoms with Gasteiger partial charge in [-0.25, -0.2) is 4.98 Å². The predicted molar refractivity (Wildman–Crippen MR) is 77.9 cm³/mol. The van der Waals surface area contributed by atoms with Gasteiger partial charge in [-0.1, -0.05) is 27.5 Å². The second kappa shape index (κ2) is 5.72. The van der Waals surface area contributed by atoms with Crippen molar-refractivity contribution in [3.05, 3.63) is 25.8 Å². The van der Waals surface area contributed by atoms with E-state index in [0.29, 0.717) is 22.8 Å². The molecule has 102 valence electrons. The average Bonchev–Trinajstić information content (AvgIpc) is 2.73. The monoisotopic (exact) mass is 411 g/mol. The van der Waals surface area contributed by atoms with E-state index in [-0.39, 0.29) is 28.5 Å². The van der Waals surface area contributed by atoms with Crippen LogP contribution in [0.2, 0.25) is 5.15 Å². The number of hydrogen-bond donors (Lipinski definition) is 0. The van der Waals surface area contributed by atoms with Crippen LogP contribution in [0.5, 0.6) is 0 Å². The lowest BCUT2D eigenvalue weighted by Crippen LogP contribution is -2.26. The van der Waals surface area contributed by atoms with Crippen molar-refractivity contribution in [3.63, 3.8) is 0 Å². The van der Waals surface area contributed by atoms with Gasteiger partial charge in [-0.3, -0.25) is 19.8 Å². The highest BCUT2D eigenvalue weighted by atomic mass is 79.9. The first-order valence-corrected chi connectivity index (χ1v) is 7.60. The molecule has 0 radical (unpaired) electrons. The number of nitrogens with zero attached hydrogens (tertiary/aromatic N) is 3. The van der Waals surface area contributed by atoms with Crippen LogP contribution < -0.4 is 4.90 Å². The highest BCUT2D eigenvalue weighted by Gasteiger charge is 2.35. The van der Waals surface area contributed by atoms with Crippen LogP contribution >= 0.6 is 43.5 Å². The van der Waals surface area contributed by atoms with Crippen molar-refractivity contribution in [2.45, 2.75) is 6.42 Å². The quantitative estimate of drug-likeness (QED) is 0.330. The first-order valence-electron chi connectivity index (χ1n) is 5.30. The minimum atomic E-state index is -0.571. The van der Waals surface area contributed by atoms with Gasteiger partial charge in [-0.15, -0.1) is 0 Å². The number of carbonyl (C=O) groups excluding carboxylic acids is 1. The smallest absolute Gasteiger partial charge is 0.291 e. The van der Waals surface area contributed by atoms with Crippen LogP contribution in [-0.2, 0) is 4.79 Å². The molecule has 0 spiro atoms. The third-order valence-corrected chi connectivity index (χ3v) is 4.81. The van der Waals surface area contributed by atoms with Gasteiger partial charge in [-0.05, 0) is 21.8 Å². The fraction of sp³-hybridized carbons (Fsp3) is 0.400. The topological polar surface area (TPSA) is 76.3 Å². The number of alkyl halides is 1. The Bertz CT molecular complexity index is 555. The summed E-state index contributed by atoms with van der Waals surface area (Å²) in [6.45, 7) is 0.399. The average molecular weight is 413 g/mol. The highest BCUT2D eigenvalue weighted by molar-refractivity contribution is 9.10. The van der Waals surface area contributed by atoms with Crippen molar-refractivity contribution in [1.29, 1.82) is 0 Å². The molecule has 2 rings (SSSR count). The number of nitro groups is 1. The number of pyridine rings is 1. The molecule has 1 aliphatic heterocycles. The number of halogens is 3. The van der Waals surface area contributed by atoms with Gasteiger partial charge < -0.3 is 0 Å². The molecule has 9 heteroatoms. The van der Waals surface area contributed by atoms with E-state index in [1.54, 1.807) is 0 Å². The summed E-state index contributed by atoms with van der Waals surface area (Å²) in [5, 5.41) is 11.8. The van der Waals surface area contributed by atoms with Crippen molar-refractivity contribution in [1.82, 2.24) is 4.98 Å². The van der Waals surface area contributed by atoms with Crippen LogP contribution in [0.25, 0.3) is 0 Å². The van der Waals surface area contributed by atoms with Crippen molar-refractivity contribution >= 4 is 60.9 Å². The Morgan fingerprint density at radius 3 is 2.84 bits per heavy atom. The maximum Gasteiger partial charge on any atom is 0.313 e. The van der Waals surface area contributed by atoms with Gasteiger partial charge in [0.1, 0.15) is 5.15 Å². The first kappa shape index (κ1) is 14.7. The lowest BCUT2D eigenvalue weighted by atomic mass is 10.2. The number of anilines is 1. The summed E-state index contributed by atoms with van der Waals surface area (Å²) >= 11 is 12.3. The molecule has 6 nitrogen and oxygen atoms in total. The Labute approximate surface area is 130 Å². The molecule has 2 heterocycles. The van der Waals surface area contributed by atoms with Crippen LogP contribution in [0, 0.1) is 16.0 Å². The molecule has 1 unspecified atom stereocenters. The van der Waals surface area contributed by atoms with E-state index in [9.17, 15) is 14.9 Å². The van der Waals surface area contributed by atoms with Crippen LogP contribution in [0.4, 0.5) is 11.5 Å². The van der Waals surface area contributed by atoms with E-state index >= 15 is 0 Å². The SMILES string of the molecule is O=C1CC(CBr)CN1c1nc(Cl)c(Br)cc1[N+](=O)[O-]. The fourth-order valence-electron chi connectivity index (χ4n) is 1.87. The van der Waals surface area contributed by atoms with Crippen LogP contribution in [0.15, 0.2) is 10.5 Å². The molecule has 0 aliphatic carbocycles. The summed E-state index contributed by atoms with van der Waals surface area (Å²) in [5.41, 5.74) is -0.236. The molecule has 1 fully saturated rings. The third-order valence-electron chi connectivity index (χ3n) is 2.77. The molecule has 1 amide bonds. The number of rotatable bonds is 3. The molecule has 1 saturated heterocycles. The minimum Gasteiger partial charge on any atom is -0.291 e. The molecule has 19 heavy (non-hydrogen) atoms. The van der Waals surface area contributed by atoms with E-state index in [1.165, 1.54) is 11.0 Å². The summed E-state index contributed by atoms with van der Waals surface area (Å²) in [7, 11) is 0. The van der Waals surface area contributed by atoms with Crippen molar-refractivity contribution < 1.29 is 9.72 Å². The van der Waals surface area contributed by atoms with Gasteiger partial charge in [0, 0.05) is 24.4 Å². The third kappa shape index (κ3) is 2.90. The Morgan fingerprint density at radius 1 is 1.63 bits per heavy atom. The Kier molecular flexibility index (Phi) is 4.42. The number of hydrogen-bond acceptors (Lipinski definition) is 4. The summed E-state index contributed by atoms with van der Waals surface area (Å²) < 4.78 is 0.327. The predicted octanol–water partition coefficient (Wildman–Crippen LogP) is 3.15. The van der Waals surface area contributed by atoms with Gasteiger partial charge >= 0.3 is 5.69 Å². The zero-order chi connectivity index (χ0) is 14.2. The van der Waals surface area contributed by atoms with Gasteiger partial charge in [-0.2, -0.15) is 0 Å². The molecular formula is C10H8Br2ClN3O3. The number of aromatic nitrogens is 1. The number of carbonyl (C=O) groups is 1. The zero-order valence-corrected chi connectivity index (χ0v) is 13.4. The van der Waals surface area contributed by atoms with E-state index < -0.39 is 4.92 Å². The van der Waals surface area contributed by atoms with Crippen LogP contribution in [0.1, 0.15) is 6.42 Å². The maximum absolute atomic E-state index is 11.9.